The molecule has 1 aliphatic rings. The second-order valence-corrected chi connectivity index (χ2v) is 8.09. The third kappa shape index (κ3) is 5.58. The number of hydrogen-bond donors (Lipinski definition) is 2. The van der Waals surface area contributed by atoms with Gasteiger partial charge < -0.3 is 15.5 Å². The quantitative estimate of drug-likeness (QED) is 0.769. The van der Waals surface area contributed by atoms with Crippen LogP contribution < -0.4 is 10.6 Å². The smallest absolute Gasteiger partial charge is 0.224 e. The van der Waals surface area contributed by atoms with Gasteiger partial charge in [0.25, 0.3) is 0 Å². The van der Waals surface area contributed by atoms with Gasteiger partial charge in [0.05, 0.1) is 16.6 Å². The van der Waals surface area contributed by atoms with E-state index < -0.39 is 0 Å². The number of nitrogens with zero attached hydrogens (tertiary/aromatic N) is 1. The molecule has 4 nitrogen and oxygen atoms in total. The number of carbonyl (C=O) groups excluding carboxylic acids is 1. The van der Waals surface area contributed by atoms with Crippen molar-refractivity contribution in [3.63, 3.8) is 0 Å². The SMILES string of the molecule is Cc1cc(C)c(NC(=S)N2CCCC(C(=O)NCC(C)C)C2)c(Cl)c1. The molecule has 1 aliphatic heterocycles. The van der Waals surface area contributed by atoms with E-state index in [1.165, 1.54) is 0 Å². The molecule has 0 radical (unpaired) electrons. The summed E-state index contributed by atoms with van der Waals surface area (Å²) >= 11 is 11.9. The van der Waals surface area contributed by atoms with Gasteiger partial charge in [0.2, 0.25) is 5.91 Å². The number of aryl methyl sites for hydroxylation is 2. The van der Waals surface area contributed by atoms with Gasteiger partial charge in [-0.25, -0.2) is 0 Å². The molecule has 25 heavy (non-hydrogen) atoms. The largest absolute Gasteiger partial charge is 0.356 e. The van der Waals surface area contributed by atoms with Crippen LogP contribution in [0.5, 0.6) is 0 Å². The van der Waals surface area contributed by atoms with E-state index in [4.69, 9.17) is 23.8 Å². The summed E-state index contributed by atoms with van der Waals surface area (Å²) < 4.78 is 0. The molecule has 1 fully saturated rings. The molecule has 6 heteroatoms. The average molecular weight is 382 g/mol. The van der Waals surface area contributed by atoms with E-state index in [-0.39, 0.29) is 11.8 Å². The summed E-state index contributed by atoms with van der Waals surface area (Å²) in [5.74, 6) is 0.575. The maximum Gasteiger partial charge on any atom is 0.224 e. The topological polar surface area (TPSA) is 44.4 Å². The van der Waals surface area contributed by atoms with Gasteiger partial charge in [0.15, 0.2) is 5.11 Å². The highest BCUT2D eigenvalue weighted by molar-refractivity contribution is 7.80. The summed E-state index contributed by atoms with van der Waals surface area (Å²) in [6, 6.07) is 4.01. The Balaban J connectivity index is 1.99. The van der Waals surface area contributed by atoms with Crippen molar-refractivity contribution in [1.29, 1.82) is 0 Å². The molecule has 1 amide bonds. The minimum absolute atomic E-state index is 0.0122. The first kappa shape index (κ1) is 20.0. The highest BCUT2D eigenvalue weighted by Crippen LogP contribution is 2.28. The number of carbonyl (C=O) groups is 1. The highest BCUT2D eigenvalue weighted by atomic mass is 35.5. The van der Waals surface area contributed by atoms with Crippen molar-refractivity contribution in [1.82, 2.24) is 10.2 Å². The lowest BCUT2D eigenvalue weighted by molar-refractivity contribution is -0.126. The van der Waals surface area contributed by atoms with Crippen LogP contribution in [0.15, 0.2) is 12.1 Å². The molecule has 1 aromatic carbocycles. The van der Waals surface area contributed by atoms with Gasteiger partial charge in [-0.2, -0.15) is 0 Å². The fourth-order valence-corrected chi connectivity index (χ4v) is 3.72. The van der Waals surface area contributed by atoms with E-state index in [0.717, 1.165) is 42.7 Å². The van der Waals surface area contributed by atoms with E-state index in [1.54, 1.807) is 0 Å². The van der Waals surface area contributed by atoms with E-state index in [9.17, 15) is 4.79 Å². The summed E-state index contributed by atoms with van der Waals surface area (Å²) in [6.45, 7) is 10.5. The Morgan fingerprint density at radius 3 is 2.76 bits per heavy atom. The molecule has 0 aliphatic carbocycles. The molecule has 2 rings (SSSR count). The Hall–Kier alpha value is -1.33. The summed E-state index contributed by atoms with van der Waals surface area (Å²) in [7, 11) is 0. The van der Waals surface area contributed by atoms with Gasteiger partial charge in [-0.15, -0.1) is 0 Å². The van der Waals surface area contributed by atoms with E-state index >= 15 is 0 Å². The molecule has 2 N–H and O–H groups in total. The molecule has 1 heterocycles. The van der Waals surface area contributed by atoms with Crippen molar-refractivity contribution in [3.05, 3.63) is 28.3 Å². The maximum absolute atomic E-state index is 12.4. The van der Waals surface area contributed by atoms with Gasteiger partial charge in [-0.05, 0) is 62.0 Å². The number of likely N-dealkylation sites (tertiary alicyclic amines) is 1. The lowest BCUT2D eigenvalue weighted by Crippen LogP contribution is -2.47. The first-order chi connectivity index (χ1) is 11.8. The maximum atomic E-state index is 12.4. The third-order valence-electron chi connectivity index (χ3n) is 4.43. The van der Waals surface area contributed by atoms with E-state index in [1.807, 2.05) is 19.9 Å². The summed E-state index contributed by atoms with van der Waals surface area (Å²) in [6.07, 6.45) is 1.87. The van der Waals surface area contributed by atoms with E-state index in [0.29, 0.717) is 22.6 Å². The van der Waals surface area contributed by atoms with Crippen LogP contribution in [0.2, 0.25) is 5.02 Å². The zero-order chi connectivity index (χ0) is 18.6. The minimum Gasteiger partial charge on any atom is -0.356 e. The molecule has 0 saturated carbocycles. The van der Waals surface area contributed by atoms with Crippen molar-refractivity contribution in [3.8, 4) is 0 Å². The van der Waals surface area contributed by atoms with Crippen molar-refractivity contribution in [2.24, 2.45) is 11.8 Å². The lowest BCUT2D eigenvalue weighted by atomic mass is 9.97. The zero-order valence-electron chi connectivity index (χ0n) is 15.5. The van der Waals surface area contributed by atoms with Gasteiger partial charge in [-0.1, -0.05) is 31.5 Å². The van der Waals surface area contributed by atoms with Crippen LogP contribution in [0.3, 0.4) is 0 Å². The molecule has 0 aromatic heterocycles. The zero-order valence-corrected chi connectivity index (χ0v) is 17.1. The van der Waals surface area contributed by atoms with E-state index in [2.05, 4.69) is 35.4 Å². The number of nitrogens with one attached hydrogen (secondary N) is 2. The van der Waals surface area contributed by atoms with Gasteiger partial charge in [0, 0.05) is 19.6 Å². The molecule has 0 bridgehead atoms. The van der Waals surface area contributed by atoms with Gasteiger partial charge >= 0.3 is 0 Å². The lowest BCUT2D eigenvalue weighted by Gasteiger charge is -2.34. The molecule has 1 aromatic rings. The molecule has 138 valence electrons. The Morgan fingerprint density at radius 2 is 2.12 bits per heavy atom. The minimum atomic E-state index is -0.0122. The Morgan fingerprint density at radius 1 is 1.40 bits per heavy atom. The summed E-state index contributed by atoms with van der Waals surface area (Å²) in [4.78, 5) is 14.4. The summed E-state index contributed by atoms with van der Waals surface area (Å²) in [5, 5.41) is 7.62. The monoisotopic (exact) mass is 381 g/mol. The van der Waals surface area contributed by atoms with Crippen LogP contribution in [0.1, 0.15) is 37.8 Å². The Bertz CT molecular complexity index is 625. The van der Waals surface area contributed by atoms with Crippen molar-refractivity contribution in [2.45, 2.75) is 40.5 Å². The number of anilines is 1. The molecule has 1 saturated heterocycles. The molecule has 0 spiro atoms. The number of benzene rings is 1. The number of thiocarbonyl (C=S) groups is 1. The predicted octanol–water partition coefficient (Wildman–Crippen LogP) is 4.14. The van der Waals surface area contributed by atoms with Crippen LogP contribution in [-0.4, -0.2) is 35.6 Å². The molecular weight excluding hydrogens is 354 g/mol. The fraction of sp³-hybridized carbons (Fsp3) is 0.579. The molecule has 1 unspecified atom stereocenters. The van der Waals surface area contributed by atoms with Crippen LogP contribution in [-0.2, 0) is 4.79 Å². The molecule has 1 atom stereocenters. The Kier molecular flexibility index (Phi) is 7.08. The van der Waals surface area contributed by atoms with Crippen LogP contribution in [0.25, 0.3) is 0 Å². The van der Waals surface area contributed by atoms with Gasteiger partial charge in [-0.3, -0.25) is 4.79 Å². The van der Waals surface area contributed by atoms with Crippen LogP contribution >= 0.6 is 23.8 Å². The average Bonchev–Trinajstić information content (AvgIpc) is 2.55. The van der Waals surface area contributed by atoms with Crippen LogP contribution in [0.4, 0.5) is 5.69 Å². The number of hydrogen-bond acceptors (Lipinski definition) is 2. The standard InChI is InChI=1S/C19H28ClN3OS/c1-12(2)10-21-18(24)15-6-5-7-23(11-15)19(25)22-17-14(4)8-13(3)9-16(17)20/h8-9,12,15H,5-7,10-11H2,1-4H3,(H,21,24)(H,22,25). The van der Waals surface area contributed by atoms with Gasteiger partial charge in [0.1, 0.15) is 0 Å². The number of piperidine rings is 1. The molecular formula is C19H28ClN3OS. The summed E-state index contributed by atoms with van der Waals surface area (Å²) in [5.41, 5.74) is 3.04. The Labute approximate surface area is 161 Å². The van der Waals surface area contributed by atoms with Crippen LogP contribution in [0, 0.1) is 25.7 Å². The second kappa shape index (κ2) is 8.86. The van der Waals surface area contributed by atoms with Crippen molar-refractivity contribution >= 4 is 40.5 Å². The predicted molar refractivity (Wildman–Crippen MR) is 109 cm³/mol. The van der Waals surface area contributed by atoms with Crippen molar-refractivity contribution in [2.75, 3.05) is 25.0 Å². The number of amides is 1. The second-order valence-electron chi connectivity index (χ2n) is 7.29. The number of rotatable bonds is 4. The normalized spacial score (nSPS) is 17.5. The first-order valence-corrected chi connectivity index (χ1v) is 9.67. The fourth-order valence-electron chi connectivity index (χ4n) is 3.08. The number of halogens is 1. The third-order valence-corrected chi connectivity index (χ3v) is 5.09. The first-order valence-electron chi connectivity index (χ1n) is 8.88. The van der Waals surface area contributed by atoms with Crippen molar-refractivity contribution < 1.29 is 4.79 Å². The highest BCUT2D eigenvalue weighted by Gasteiger charge is 2.27.